The normalized spacial score (nSPS) is 19.4. The molecule has 0 aromatic carbocycles. The lowest BCUT2D eigenvalue weighted by Gasteiger charge is -2.34. The molecule has 8 nitrogen and oxygen atoms in total. The van der Waals surface area contributed by atoms with E-state index in [1.807, 2.05) is 0 Å². The van der Waals surface area contributed by atoms with Crippen molar-refractivity contribution in [3.63, 3.8) is 0 Å². The number of ether oxygens (including phenoxy) is 1. The Morgan fingerprint density at radius 1 is 1.25 bits per heavy atom. The number of anilines is 1. The lowest BCUT2D eigenvalue weighted by atomic mass is 9.89. The Labute approximate surface area is 158 Å². The lowest BCUT2D eigenvalue weighted by Crippen LogP contribution is -2.40. The molecule has 4 aromatic heterocycles. The van der Waals surface area contributed by atoms with Crippen LogP contribution in [0.5, 0.6) is 0 Å². The zero-order chi connectivity index (χ0) is 19.3. The Morgan fingerprint density at radius 3 is 2.89 bits per heavy atom. The van der Waals surface area contributed by atoms with Crippen molar-refractivity contribution in [3.05, 3.63) is 36.4 Å². The van der Waals surface area contributed by atoms with Crippen molar-refractivity contribution in [1.82, 2.24) is 29.5 Å². The number of methoxy groups -OCH3 is 1. The van der Waals surface area contributed by atoms with Crippen molar-refractivity contribution in [2.24, 2.45) is 0 Å². The molecule has 144 valence electrons. The summed E-state index contributed by atoms with van der Waals surface area (Å²) in [4.78, 5) is 16.0. The van der Waals surface area contributed by atoms with Gasteiger partial charge in [-0.2, -0.15) is 10.1 Å². The summed E-state index contributed by atoms with van der Waals surface area (Å²) in [5.74, 6) is 0.540. The van der Waals surface area contributed by atoms with Gasteiger partial charge in [-0.3, -0.25) is 0 Å². The minimum Gasteiger partial charge on any atom is -0.381 e. The molecule has 0 saturated heterocycles. The van der Waals surface area contributed by atoms with Crippen LogP contribution in [-0.4, -0.2) is 48.8 Å². The van der Waals surface area contributed by atoms with Crippen molar-refractivity contribution in [2.75, 3.05) is 12.4 Å². The molecule has 0 amide bonds. The highest BCUT2D eigenvalue weighted by Crippen LogP contribution is 2.29. The quantitative estimate of drug-likeness (QED) is 0.548. The summed E-state index contributed by atoms with van der Waals surface area (Å²) in [5.41, 5.74) is 2.05. The number of nitrogens with one attached hydrogen (secondary N) is 2. The fourth-order valence-corrected chi connectivity index (χ4v) is 3.43. The number of alkyl halides is 2. The van der Waals surface area contributed by atoms with Crippen LogP contribution in [0.15, 0.2) is 30.7 Å². The van der Waals surface area contributed by atoms with Gasteiger partial charge < -0.3 is 15.0 Å². The summed E-state index contributed by atoms with van der Waals surface area (Å²) in [5, 5.41) is 8.38. The molecule has 0 radical (unpaired) electrons. The van der Waals surface area contributed by atoms with Crippen LogP contribution >= 0.6 is 0 Å². The van der Waals surface area contributed by atoms with Crippen LogP contribution in [0.2, 0.25) is 0 Å². The minimum atomic E-state index is -2.65. The first-order valence-corrected chi connectivity index (χ1v) is 8.89. The first-order valence-electron chi connectivity index (χ1n) is 8.89. The van der Waals surface area contributed by atoms with Crippen LogP contribution < -0.4 is 5.32 Å². The van der Waals surface area contributed by atoms with E-state index in [0.717, 1.165) is 30.0 Å². The van der Waals surface area contributed by atoms with E-state index in [1.54, 1.807) is 31.6 Å². The summed E-state index contributed by atoms with van der Waals surface area (Å²) in [7, 11) is 1.71. The molecule has 1 aliphatic carbocycles. The third-order valence-electron chi connectivity index (χ3n) is 5.08. The maximum absolute atomic E-state index is 13.1. The number of halogens is 2. The topological polar surface area (TPSA) is 93.0 Å². The van der Waals surface area contributed by atoms with Crippen molar-refractivity contribution >= 4 is 22.6 Å². The number of fused-ring (bicyclic) bond motifs is 2. The number of nitrogens with zero attached hydrogens (tertiary/aromatic N) is 5. The summed E-state index contributed by atoms with van der Waals surface area (Å²) in [6, 6.07) is 3.70. The fourth-order valence-electron chi connectivity index (χ4n) is 3.43. The van der Waals surface area contributed by atoms with Crippen LogP contribution in [-0.2, 0) is 4.74 Å². The van der Waals surface area contributed by atoms with Gasteiger partial charge in [0.2, 0.25) is 5.95 Å². The SMILES string of the molecule is COC1CC(Nc2ncc3c(-c4ccc5ncc(C(F)F)n5n4)c[nH]c3n2)C1. The van der Waals surface area contributed by atoms with Crippen LogP contribution in [0.1, 0.15) is 25.0 Å². The monoisotopic (exact) mass is 385 g/mol. The van der Waals surface area contributed by atoms with Gasteiger partial charge in [0.05, 0.1) is 18.0 Å². The number of hydrogen-bond donors (Lipinski definition) is 2. The van der Waals surface area contributed by atoms with E-state index in [-0.39, 0.29) is 5.69 Å². The molecule has 1 aliphatic rings. The molecule has 0 spiro atoms. The molecule has 5 rings (SSSR count). The largest absolute Gasteiger partial charge is 0.381 e. The van der Waals surface area contributed by atoms with Crippen molar-refractivity contribution in [1.29, 1.82) is 0 Å². The van der Waals surface area contributed by atoms with Crippen LogP contribution in [0.4, 0.5) is 14.7 Å². The van der Waals surface area contributed by atoms with Crippen molar-refractivity contribution < 1.29 is 13.5 Å². The number of aromatic nitrogens is 6. The van der Waals surface area contributed by atoms with Gasteiger partial charge in [-0.25, -0.2) is 23.3 Å². The maximum Gasteiger partial charge on any atom is 0.282 e. The Balaban J connectivity index is 1.46. The first-order chi connectivity index (χ1) is 13.6. The van der Waals surface area contributed by atoms with E-state index in [1.165, 1.54) is 4.52 Å². The van der Waals surface area contributed by atoms with Gasteiger partial charge in [0.15, 0.2) is 5.65 Å². The van der Waals surface area contributed by atoms with Gasteiger partial charge in [0.1, 0.15) is 11.3 Å². The lowest BCUT2D eigenvalue weighted by molar-refractivity contribution is 0.0327. The number of imidazole rings is 1. The smallest absolute Gasteiger partial charge is 0.282 e. The molecule has 1 saturated carbocycles. The molecular weight excluding hydrogens is 368 g/mol. The summed E-state index contributed by atoms with van der Waals surface area (Å²) in [6.45, 7) is 0. The predicted octanol–water partition coefficient (Wildman–Crippen LogP) is 3.19. The van der Waals surface area contributed by atoms with Crippen LogP contribution in [0, 0.1) is 0 Å². The Morgan fingerprint density at radius 2 is 2.11 bits per heavy atom. The van der Waals surface area contributed by atoms with E-state index < -0.39 is 6.43 Å². The summed E-state index contributed by atoms with van der Waals surface area (Å²) < 4.78 is 32.7. The van der Waals surface area contributed by atoms with Crippen LogP contribution in [0.25, 0.3) is 27.9 Å². The molecule has 0 aliphatic heterocycles. The highest BCUT2D eigenvalue weighted by molar-refractivity contribution is 5.92. The third-order valence-corrected chi connectivity index (χ3v) is 5.08. The second-order valence-corrected chi connectivity index (χ2v) is 6.80. The zero-order valence-electron chi connectivity index (χ0n) is 14.9. The zero-order valence-corrected chi connectivity index (χ0v) is 14.9. The van der Waals surface area contributed by atoms with Gasteiger partial charge in [-0.05, 0) is 25.0 Å². The Bertz CT molecular complexity index is 1150. The maximum atomic E-state index is 13.1. The van der Waals surface area contributed by atoms with Crippen molar-refractivity contribution in [3.8, 4) is 11.3 Å². The molecule has 10 heteroatoms. The average molecular weight is 385 g/mol. The predicted molar refractivity (Wildman–Crippen MR) is 98.3 cm³/mol. The molecule has 2 N–H and O–H groups in total. The van der Waals surface area contributed by atoms with Crippen LogP contribution in [0.3, 0.4) is 0 Å². The number of H-pyrrole nitrogens is 1. The van der Waals surface area contributed by atoms with Gasteiger partial charge in [0.25, 0.3) is 6.43 Å². The number of rotatable bonds is 5. The second kappa shape index (κ2) is 6.48. The standard InChI is InChI=1S/C18H17F2N7O/c1-28-10-4-9(5-10)24-18-23-7-12-11(6-22-17(12)25-18)13-2-3-15-21-8-14(16(19)20)27(15)26-13/h2-3,6-10,16H,4-5H2,1H3,(H2,22,23,24,25). The molecule has 1 fully saturated rings. The van der Waals surface area contributed by atoms with E-state index in [2.05, 4.69) is 30.4 Å². The van der Waals surface area contributed by atoms with Gasteiger partial charge >= 0.3 is 0 Å². The molecule has 0 bridgehead atoms. The van der Waals surface area contributed by atoms with Crippen molar-refractivity contribution in [2.45, 2.75) is 31.4 Å². The molecule has 28 heavy (non-hydrogen) atoms. The van der Waals surface area contributed by atoms with E-state index in [9.17, 15) is 8.78 Å². The highest BCUT2D eigenvalue weighted by atomic mass is 19.3. The molecule has 4 aromatic rings. The van der Waals surface area contributed by atoms with E-state index >= 15 is 0 Å². The van der Waals surface area contributed by atoms with Gasteiger partial charge in [-0.1, -0.05) is 0 Å². The summed E-state index contributed by atoms with van der Waals surface area (Å²) in [6.07, 6.45) is 4.09. The molecule has 0 unspecified atom stereocenters. The summed E-state index contributed by atoms with van der Waals surface area (Å²) >= 11 is 0. The Hall–Kier alpha value is -3.14. The van der Waals surface area contributed by atoms with Gasteiger partial charge in [-0.15, -0.1) is 0 Å². The van der Waals surface area contributed by atoms with E-state index in [4.69, 9.17) is 4.74 Å². The molecular formula is C18H17F2N7O. The molecule has 0 atom stereocenters. The Kier molecular flexibility index (Phi) is 3.93. The number of aromatic amines is 1. The number of hydrogen-bond acceptors (Lipinski definition) is 6. The fraction of sp³-hybridized carbons (Fsp3) is 0.333. The minimum absolute atomic E-state index is 0.241. The third kappa shape index (κ3) is 2.76. The van der Waals surface area contributed by atoms with Gasteiger partial charge in [0, 0.05) is 36.5 Å². The first kappa shape index (κ1) is 17.0. The van der Waals surface area contributed by atoms with E-state index in [0.29, 0.717) is 35.1 Å². The second-order valence-electron chi connectivity index (χ2n) is 6.80. The molecule has 4 heterocycles. The highest BCUT2D eigenvalue weighted by Gasteiger charge is 2.29. The average Bonchev–Trinajstić information content (AvgIpc) is 3.27.